The number of hydrogen-bond donors (Lipinski definition) is 1. The second-order valence-electron chi connectivity index (χ2n) is 3.69. The van der Waals surface area contributed by atoms with Gasteiger partial charge in [-0.2, -0.15) is 0 Å². The minimum atomic E-state index is -0.0222. The first kappa shape index (κ1) is 9.99. The van der Waals surface area contributed by atoms with Crippen molar-refractivity contribution < 1.29 is 4.74 Å². The molecule has 0 aliphatic heterocycles. The Morgan fingerprint density at radius 1 is 1.13 bits per heavy atom. The number of fused-ring (bicyclic) bond motifs is 1. The fourth-order valence-corrected chi connectivity index (χ4v) is 1.92. The van der Waals surface area contributed by atoms with Crippen LogP contribution in [-0.2, 0) is 0 Å². The summed E-state index contributed by atoms with van der Waals surface area (Å²) in [6.45, 7) is 1.98. The molecule has 2 rings (SSSR count). The van der Waals surface area contributed by atoms with Crippen molar-refractivity contribution in [3.63, 3.8) is 0 Å². The molecular weight excluding hydrogens is 186 g/mol. The van der Waals surface area contributed by atoms with Crippen LogP contribution in [0.4, 0.5) is 0 Å². The minimum Gasteiger partial charge on any atom is -0.496 e. The largest absolute Gasteiger partial charge is 0.496 e. The van der Waals surface area contributed by atoms with E-state index in [9.17, 15) is 0 Å². The number of methoxy groups -OCH3 is 1. The molecule has 1 unspecified atom stereocenters. The van der Waals surface area contributed by atoms with E-state index < -0.39 is 0 Å². The van der Waals surface area contributed by atoms with Crippen molar-refractivity contribution in [1.82, 2.24) is 0 Å². The van der Waals surface area contributed by atoms with E-state index in [1.54, 1.807) is 7.11 Å². The summed E-state index contributed by atoms with van der Waals surface area (Å²) in [5.74, 6) is 0.865. The average Bonchev–Trinajstić information content (AvgIpc) is 2.27. The zero-order valence-corrected chi connectivity index (χ0v) is 9.03. The number of ether oxygens (including phenoxy) is 1. The molecule has 15 heavy (non-hydrogen) atoms. The van der Waals surface area contributed by atoms with E-state index in [1.807, 2.05) is 25.1 Å². The molecule has 0 amide bonds. The van der Waals surface area contributed by atoms with Gasteiger partial charge in [0.1, 0.15) is 5.75 Å². The molecular formula is C13H15NO. The van der Waals surface area contributed by atoms with Crippen LogP contribution in [0.5, 0.6) is 5.75 Å². The highest BCUT2D eigenvalue weighted by atomic mass is 16.5. The Labute approximate surface area is 89.7 Å². The molecule has 0 radical (unpaired) electrons. The van der Waals surface area contributed by atoms with Crippen LogP contribution in [0.15, 0.2) is 36.4 Å². The zero-order chi connectivity index (χ0) is 10.8. The molecule has 0 aliphatic rings. The summed E-state index contributed by atoms with van der Waals surface area (Å²) in [6, 6.07) is 12.2. The van der Waals surface area contributed by atoms with Gasteiger partial charge in [0.15, 0.2) is 0 Å². The van der Waals surface area contributed by atoms with Crippen molar-refractivity contribution in [2.45, 2.75) is 13.0 Å². The van der Waals surface area contributed by atoms with Crippen molar-refractivity contribution in [3.05, 3.63) is 42.0 Å². The van der Waals surface area contributed by atoms with Crippen LogP contribution in [0, 0.1) is 0 Å². The maximum Gasteiger partial charge on any atom is 0.124 e. The van der Waals surface area contributed by atoms with Gasteiger partial charge < -0.3 is 10.5 Å². The van der Waals surface area contributed by atoms with Crippen molar-refractivity contribution in [3.8, 4) is 5.75 Å². The molecule has 2 heteroatoms. The summed E-state index contributed by atoms with van der Waals surface area (Å²) in [5, 5.41) is 2.37. The molecule has 0 bridgehead atoms. The lowest BCUT2D eigenvalue weighted by Crippen LogP contribution is -2.07. The highest BCUT2D eigenvalue weighted by Crippen LogP contribution is 2.31. The molecule has 0 heterocycles. The Balaban J connectivity index is 2.79. The van der Waals surface area contributed by atoms with Crippen molar-refractivity contribution in [1.29, 1.82) is 0 Å². The molecule has 2 nitrogen and oxygen atoms in total. The molecule has 0 fully saturated rings. The molecule has 0 saturated heterocycles. The maximum atomic E-state index is 5.98. The van der Waals surface area contributed by atoms with Gasteiger partial charge in [-0.25, -0.2) is 0 Å². The Morgan fingerprint density at radius 2 is 1.87 bits per heavy atom. The van der Waals surface area contributed by atoms with Crippen LogP contribution in [0.25, 0.3) is 10.8 Å². The first-order valence-electron chi connectivity index (χ1n) is 5.05. The van der Waals surface area contributed by atoms with E-state index >= 15 is 0 Å². The molecule has 2 aromatic carbocycles. The van der Waals surface area contributed by atoms with E-state index in [0.717, 1.165) is 11.3 Å². The standard InChI is InChI=1S/C13H15NO/c1-9(14)13-11-6-4-3-5-10(11)7-8-12(13)15-2/h3-9H,14H2,1-2H3. The second kappa shape index (κ2) is 3.91. The summed E-state index contributed by atoms with van der Waals surface area (Å²) in [5.41, 5.74) is 7.06. The maximum absolute atomic E-state index is 5.98. The fraction of sp³-hybridized carbons (Fsp3) is 0.231. The molecule has 0 aliphatic carbocycles. The average molecular weight is 201 g/mol. The Morgan fingerprint density at radius 3 is 2.53 bits per heavy atom. The van der Waals surface area contributed by atoms with Crippen molar-refractivity contribution in [2.75, 3.05) is 7.11 Å². The number of benzene rings is 2. The van der Waals surface area contributed by atoms with Gasteiger partial charge in [-0.05, 0) is 23.8 Å². The molecule has 0 saturated carbocycles. The predicted molar refractivity (Wildman–Crippen MR) is 63.1 cm³/mol. The van der Waals surface area contributed by atoms with Crippen molar-refractivity contribution in [2.24, 2.45) is 5.73 Å². The van der Waals surface area contributed by atoms with Crippen LogP contribution >= 0.6 is 0 Å². The van der Waals surface area contributed by atoms with E-state index in [2.05, 4.69) is 18.2 Å². The molecule has 1 atom stereocenters. The first-order chi connectivity index (χ1) is 7.24. The van der Waals surface area contributed by atoms with E-state index in [1.165, 1.54) is 10.8 Å². The summed E-state index contributed by atoms with van der Waals surface area (Å²) in [7, 11) is 1.68. The van der Waals surface area contributed by atoms with Crippen molar-refractivity contribution >= 4 is 10.8 Å². The van der Waals surface area contributed by atoms with Crippen LogP contribution in [0.3, 0.4) is 0 Å². The smallest absolute Gasteiger partial charge is 0.124 e. The summed E-state index contributed by atoms with van der Waals surface area (Å²) >= 11 is 0. The highest BCUT2D eigenvalue weighted by molar-refractivity contribution is 5.88. The SMILES string of the molecule is COc1ccc2ccccc2c1C(C)N. The van der Waals surface area contributed by atoms with Gasteiger partial charge in [0.25, 0.3) is 0 Å². The van der Waals surface area contributed by atoms with Gasteiger partial charge in [0, 0.05) is 11.6 Å². The number of rotatable bonds is 2. The molecule has 2 N–H and O–H groups in total. The Bertz CT molecular complexity index is 477. The lowest BCUT2D eigenvalue weighted by molar-refractivity contribution is 0.408. The third-order valence-corrected chi connectivity index (χ3v) is 2.61. The summed E-state index contributed by atoms with van der Waals surface area (Å²) in [6.07, 6.45) is 0. The van der Waals surface area contributed by atoms with E-state index in [4.69, 9.17) is 10.5 Å². The van der Waals surface area contributed by atoms with Gasteiger partial charge in [-0.1, -0.05) is 30.3 Å². The number of nitrogens with two attached hydrogens (primary N) is 1. The lowest BCUT2D eigenvalue weighted by atomic mass is 9.99. The highest BCUT2D eigenvalue weighted by Gasteiger charge is 2.11. The van der Waals surface area contributed by atoms with Gasteiger partial charge in [-0.15, -0.1) is 0 Å². The normalized spacial score (nSPS) is 12.7. The summed E-state index contributed by atoms with van der Waals surface area (Å²) < 4.78 is 5.33. The third kappa shape index (κ3) is 1.68. The van der Waals surface area contributed by atoms with E-state index in [0.29, 0.717) is 0 Å². The monoisotopic (exact) mass is 201 g/mol. The molecule has 0 aromatic heterocycles. The van der Waals surface area contributed by atoms with Crippen LogP contribution in [0.1, 0.15) is 18.5 Å². The van der Waals surface area contributed by atoms with Crippen LogP contribution < -0.4 is 10.5 Å². The van der Waals surface area contributed by atoms with E-state index in [-0.39, 0.29) is 6.04 Å². The number of hydrogen-bond acceptors (Lipinski definition) is 2. The molecule has 0 spiro atoms. The Kier molecular flexibility index (Phi) is 2.60. The third-order valence-electron chi connectivity index (χ3n) is 2.61. The Hall–Kier alpha value is -1.54. The minimum absolute atomic E-state index is 0.0222. The first-order valence-corrected chi connectivity index (χ1v) is 5.05. The summed E-state index contributed by atoms with van der Waals surface area (Å²) in [4.78, 5) is 0. The quantitative estimate of drug-likeness (QED) is 0.810. The predicted octanol–water partition coefficient (Wildman–Crippen LogP) is 2.87. The van der Waals surface area contributed by atoms with Gasteiger partial charge in [0.2, 0.25) is 0 Å². The molecule has 78 valence electrons. The van der Waals surface area contributed by atoms with Crippen LogP contribution in [-0.4, -0.2) is 7.11 Å². The fourth-order valence-electron chi connectivity index (χ4n) is 1.92. The van der Waals surface area contributed by atoms with Gasteiger partial charge in [0.05, 0.1) is 7.11 Å². The zero-order valence-electron chi connectivity index (χ0n) is 9.03. The van der Waals surface area contributed by atoms with Gasteiger partial charge >= 0.3 is 0 Å². The molecule has 2 aromatic rings. The second-order valence-corrected chi connectivity index (χ2v) is 3.69. The van der Waals surface area contributed by atoms with Gasteiger partial charge in [-0.3, -0.25) is 0 Å². The van der Waals surface area contributed by atoms with Crippen LogP contribution in [0.2, 0.25) is 0 Å². The topological polar surface area (TPSA) is 35.2 Å². The lowest BCUT2D eigenvalue weighted by Gasteiger charge is -2.14.